The molecule has 2 aromatic rings. The Kier molecular flexibility index (Phi) is 5.29. The van der Waals surface area contributed by atoms with Gasteiger partial charge in [0, 0.05) is 30.4 Å². The van der Waals surface area contributed by atoms with Crippen molar-refractivity contribution in [3.63, 3.8) is 0 Å². The standard InChI is InChI=1S/C20H23N5O2S/c21-13-15-4-3-5-17(12-15)28(26,27)24-16-8-10-25(11-9-16)20-18-6-1-2-7-19(18)22-14-23-20/h3-5,12,14,16,24H,1-2,6-11H2. The monoisotopic (exact) mass is 397 g/mol. The number of hydrogen-bond donors (Lipinski definition) is 1. The van der Waals surface area contributed by atoms with Gasteiger partial charge in [-0.3, -0.25) is 0 Å². The Hall–Kier alpha value is -2.50. The first-order chi connectivity index (χ1) is 13.6. The minimum absolute atomic E-state index is 0.121. The molecule has 4 rings (SSSR count). The molecule has 0 radical (unpaired) electrons. The van der Waals surface area contributed by atoms with Crippen LogP contribution in [0.2, 0.25) is 0 Å². The summed E-state index contributed by atoms with van der Waals surface area (Å²) in [4.78, 5) is 11.4. The molecule has 1 N–H and O–H groups in total. The van der Waals surface area contributed by atoms with Crippen LogP contribution in [0.15, 0.2) is 35.5 Å². The summed E-state index contributed by atoms with van der Waals surface area (Å²) in [6.45, 7) is 1.52. The van der Waals surface area contributed by atoms with Crippen molar-refractivity contribution in [2.45, 2.75) is 49.5 Å². The van der Waals surface area contributed by atoms with Crippen molar-refractivity contribution in [3.8, 4) is 6.07 Å². The molecule has 1 aromatic heterocycles. The Labute approximate surface area is 165 Å². The third-order valence-electron chi connectivity index (χ3n) is 5.49. The molecule has 0 saturated carbocycles. The van der Waals surface area contributed by atoms with Crippen LogP contribution < -0.4 is 9.62 Å². The number of aromatic nitrogens is 2. The van der Waals surface area contributed by atoms with Crippen LogP contribution in [-0.4, -0.2) is 37.5 Å². The summed E-state index contributed by atoms with van der Waals surface area (Å²) >= 11 is 0. The first kappa shape index (κ1) is 18.8. The maximum absolute atomic E-state index is 12.7. The number of nitriles is 1. The number of nitrogens with one attached hydrogen (secondary N) is 1. The molecule has 8 heteroatoms. The number of benzene rings is 1. The van der Waals surface area contributed by atoms with E-state index < -0.39 is 10.0 Å². The second-order valence-corrected chi connectivity index (χ2v) is 9.07. The summed E-state index contributed by atoms with van der Waals surface area (Å²) in [7, 11) is -3.63. The molecule has 1 aliphatic heterocycles. The van der Waals surface area contributed by atoms with Gasteiger partial charge in [-0.2, -0.15) is 5.26 Å². The van der Waals surface area contributed by atoms with Crippen molar-refractivity contribution in [3.05, 3.63) is 47.4 Å². The van der Waals surface area contributed by atoms with Crippen LogP contribution in [0.3, 0.4) is 0 Å². The Balaban J connectivity index is 1.43. The fourth-order valence-electron chi connectivity index (χ4n) is 4.01. The number of anilines is 1. The smallest absolute Gasteiger partial charge is 0.240 e. The van der Waals surface area contributed by atoms with Crippen LogP contribution in [0.5, 0.6) is 0 Å². The van der Waals surface area contributed by atoms with Crippen LogP contribution in [0.4, 0.5) is 5.82 Å². The lowest BCUT2D eigenvalue weighted by atomic mass is 9.95. The van der Waals surface area contributed by atoms with Crippen LogP contribution in [0, 0.1) is 11.3 Å². The van der Waals surface area contributed by atoms with Gasteiger partial charge in [-0.05, 0) is 56.7 Å². The summed E-state index contributed by atoms with van der Waals surface area (Å²) in [6.07, 6.45) is 7.48. The van der Waals surface area contributed by atoms with Crippen LogP contribution in [0.1, 0.15) is 42.5 Å². The van der Waals surface area contributed by atoms with E-state index in [4.69, 9.17) is 5.26 Å². The average Bonchev–Trinajstić information content (AvgIpc) is 2.74. The minimum atomic E-state index is -3.63. The van der Waals surface area contributed by atoms with E-state index in [1.54, 1.807) is 18.5 Å². The molecular weight excluding hydrogens is 374 g/mol. The highest BCUT2D eigenvalue weighted by molar-refractivity contribution is 7.89. The van der Waals surface area contributed by atoms with Gasteiger partial charge < -0.3 is 4.90 Å². The zero-order chi connectivity index (χ0) is 19.6. The molecule has 0 bridgehead atoms. The Morgan fingerprint density at radius 3 is 2.71 bits per heavy atom. The van der Waals surface area contributed by atoms with E-state index in [1.807, 2.05) is 6.07 Å². The van der Waals surface area contributed by atoms with Crippen LogP contribution in [-0.2, 0) is 22.9 Å². The molecule has 1 fully saturated rings. The summed E-state index contributed by atoms with van der Waals surface area (Å²) in [5, 5.41) is 8.99. The van der Waals surface area contributed by atoms with Crippen molar-refractivity contribution < 1.29 is 8.42 Å². The maximum atomic E-state index is 12.7. The third-order valence-corrected chi connectivity index (χ3v) is 7.01. The molecule has 146 valence electrons. The zero-order valence-corrected chi connectivity index (χ0v) is 16.5. The van der Waals surface area contributed by atoms with Gasteiger partial charge in [0.25, 0.3) is 0 Å². The summed E-state index contributed by atoms with van der Waals surface area (Å²) in [5.41, 5.74) is 2.77. The number of nitrogens with zero attached hydrogens (tertiary/aromatic N) is 4. The highest BCUT2D eigenvalue weighted by atomic mass is 32.2. The molecule has 2 aliphatic rings. The maximum Gasteiger partial charge on any atom is 0.240 e. The van der Waals surface area contributed by atoms with Crippen molar-refractivity contribution >= 4 is 15.8 Å². The molecule has 28 heavy (non-hydrogen) atoms. The van der Waals surface area contributed by atoms with Crippen molar-refractivity contribution in [1.82, 2.24) is 14.7 Å². The largest absolute Gasteiger partial charge is 0.356 e. The lowest BCUT2D eigenvalue weighted by molar-refractivity contribution is 0.457. The summed E-state index contributed by atoms with van der Waals surface area (Å²) < 4.78 is 28.1. The predicted molar refractivity (Wildman–Crippen MR) is 105 cm³/mol. The van der Waals surface area contributed by atoms with Gasteiger partial charge in [0.05, 0.1) is 16.5 Å². The highest BCUT2D eigenvalue weighted by Gasteiger charge is 2.27. The van der Waals surface area contributed by atoms with Gasteiger partial charge >= 0.3 is 0 Å². The predicted octanol–water partition coefficient (Wildman–Crippen LogP) is 2.17. The van der Waals surface area contributed by atoms with Gasteiger partial charge in [-0.1, -0.05) is 6.07 Å². The minimum Gasteiger partial charge on any atom is -0.356 e. The number of fused-ring (bicyclic) bond motifs is 1. The lowest BCUT2D eigenvalue weighted by Gasteiger charge is -2.34. The Bertz CT molecular complexity index is 1010. The molecular formula is C20H23N5O2S. The second-order valence-electron chi connectivity index (χ2n) is 7.35. The highest BCUT2D eigenvalue weighted by Crippen LogP contribution is 2.29. The molecule has 1 aromatic carbocycles. The number of aryl methyl sites for hydroxylation is 1. The first-order valence-corrected chi connectivity index (χ1v) is 11.2. The van der Waals surface area contributed by atoms with Gasteiger partial charge in [0.2, 0.25) is 10.0 Å². The number of sulfonamides is 1. The van der Waals surface area contributed by atoms with E-state index in [1.165, 1.54) is 30.5 Å². The Morgan fingerprint density at radius 1 is 1.14 bits per heavy atom. The van der Waals surface area contributed by atoms with E-state index in [0.717, 1.165) is 50.3 Å². The second kappa shape index (κ2) is 7.86. The number of rotatable bonds is 4. The van der Waals surface area contributed by atoms with E-state index >= 15 is 0 Å². The average molecular weight is 398 g/mol. The van der Waals surface area contributed by atoms with Crippen molar-refractivity contribution in [2.75, 3.05) is 18.0 Å². The molecule has 2 heterocycles. The zero-order valence-electron chi connectivity index (χ0n) is 15.6. The molecule has 1 saturated heterocycles. The molecule has 1 aliphatic carbocycles. The van der Waals surface area contributed by atoms with E-state index in [9.17, 15) is 8.42 Å². The van der Waals surface area contributed by atoms with E-state index in [-0.39, 0.29) is 10.9 Å². The van der Waals surface area contributed by atoms with Gasteiger partial charge in [0.15, 0.2) is 0 Å². The number of piperidine rings is 1. The third kappa shape index (κ3) is 3.86. The molecule has 0 unspecified atom stereocenters. The molecule has 0 spiro atoms. The fourth-order valence-corrected chi connectivity index (χ4v) is 5.36. The molecule has 7 nitrogen and oxygen atoms in total. The summed E-state index contributed by atoms with van der Waals surface area (Å²) in [6, 6.07) is 7.98. The summed E-state index contributed by atoms with van der Waals surface area (Å²) in [5.74, 6) is 1.02. The normalized spacial score (nSPS) is 17.8. The van der Waals surface area contributed by atoms with Gasteiger partial charge in [0.1, 0.15) is 12.1 Å². The molecule has 0 atom stereocenters. The first-order valence-electron chi connectivity index (χ1n) is 9.67. The quantitative estimate of drug-likeness (QED) is 0.849. The molecule has 0 amide bonds. The topological polar surface area (TPSA) is 99.0 Å². The SMILES string of the molecule is N#Cc1cccc(S(=O)(=O)NC2CCN(c3ncnc4c3CCCC4)CC2)c1. The fraction of sp³-hybridized carbons (Fsp3) is 0.450. The van der Waals surface area contributed by atoms with Crippen molar-refractivity contribution in [1.29, 1.82) is 5.26 Å². The van der Waals surface area contributed by atoms with Gasteiger partial charge in [-0.15, -0.1) is 0 Å². The van der Waals surface area contributed by atoms with Crippen molar-refractivity contribution in [2.24, 2.45) is 0 Å². The Morgan fingerprint density at radius 2 is 1.93 bits per heavy atom. The lowest BCUT2D eigenvalue weighted by Crippen LogP contribution is -2.45. The van der Waals surface area contributed by atoms with Gasteiger partial charge in [-0.25, -0.2) is 23.1 Å². The van der Waals surface area contributed by atoms with Crippen LogP contribution >= 0.6 is 0 Å². The number of hydrogen-bond acceptors (Lipinski definition) is 6. The van der Waals surface area contributed by atoms with E-state index in [2.05, 4.69) is 19.6 Å². The van der Waals surface area contributed by atoms with E-state index in [0.29, 0.717) is 5.56 Å². The van der Waals surface area contributed by atoms with Crippen LogP contribution in [0.25, 0.3) is 0 Å².